The van der Waals surface area contributed by atoms with E-state index in [0.717, 1.165) is 39.2 Å². The predicted octanol–water partition coefficient (Wildman–Crippen LogP) is 5.35. The molecule has 0 bridgehead atoms. The quantitative estimate of drug-likeness (QED) is 0.624. The molecule has 0 fully saturated rings. The van der Waals surface area contributed by atoms with E-state index in [4.69, 9.17) is 4.98 Å². The van der Waals surface area contributed by atoms with E-state index in [2.05, 4.69) is 62.9 Å². The second-order valence-corrected chi connectivity index (χ2v) is 8.00. The van der Waals surface area contributed by atoms with Crippen LogP contribution in [-0.2, 0) is 6.54 Å². The first kappa shape index (κ1) is 17.1. The third-order valence-corrected chi connectivity index (χ3v) is 5.11. The van der Waals surface area contributed by atoms with Crippen LogP contribution >= 0.6 is 43.2 Å². The summed E-state index contributed by atoms with van der Waals surface area (Å²) in [5, 5.41) is 4.44. The molecular weight excluding hydrogens is 414 g/mol. The van der Waals surface area contributed by atoms with E-state index in [0.29, 0.717) is 5.92 Å². The Morgan fingerprint density at radius 2 is 2.10 bits per heavy atom. The molecule has 0 aliphatic rings. The summed E-state index contributed by atoms with van der Waals surface area (Å²) in [6, 6.07) is 2.01. The zero-order valence-electron chi connectivity index (χ0n) is 12.4. The van der Waals surface area contributed by atoms with Crippen LogP contribution in [0.2, 0.25) is 0 Å². The van der Waals surface area contributed by atoms with Crippen LogP contribution in [0.4, 0.5) is 0 Å². The van der Waals surface area contributed by atoms with E-state index in [9.17, 15) is 0 Å². The minimum atomic E-state index is 0.419. The zero-order chi connectivity index (χ0) is 15.4. The average molecular weight is 433 g/mol. The van der Waals surface area contributed by atoms with Crippen molar-refractivity contribution in [2.75, 3.05) is 6.54 Å². The molecule has 114 valence electrons. The Labute approximate surface area is 146 Å². The zero-order valence-corrected chi connectivity index (χ0v) is 16.4. The summed E-state index contributed by atoms with van der Waals surface area (Å²) in [4.78, 5) is 10.6. The number of halogens is 2. The van der Waals surface area contributed by atoms with Gasteiger partial charge < -0.3 is 5.32 Å². The van der Waals surface area contributed by atoms with E-state index < -0.39 is 0 Å². The van der Waals surface area contributed by atoms with Gasteiger partial charge in [-0.2, -0.15) is 0 Å². The van der Waals surface area contributed by atoms with Gasteiger partial charge in [-0.1, -0.05) is 20.8 Å². The molecule has 0 atom stereocenters. The molecule has 6 heteroatoms. The van der Waals surface area contributed by atoms with Crippen LogP contribution in [0.3, 0.4) is 0 Å². The molecule has 2 aromatic heterocycles. The lowest BCUT2D eigenvalue weighted by Crippen LogP contribution is -2.14. The predicted molar refractivity (Wildman–Crippen MR) is 96.8 cm³/mol. The minimum Gasteiger partial charge on any atom is -0.312 e. The Kier molecular flexibility index (Phi) is 6.34. The molecule has 0 radical (unpaired) electrons. The highest BCUT2D eigenvalue weighted by Crippen LogP contribution is 2.35. The monoisotopic (exact) mass is 431 g/mol. The Balaban J connectivity index is 2.34. The van der Waals surface area contributed by atoms with Gasteiger partial charge in [0.2, 0.25) is 0 Å². The smallest absolute Gasteiger partial charge is 0.143 e. The fourth-order valence-corrected chi connectivity index (χ4v) is 4.50. The van der Waals surface area contributed by atoms with Gasteiger partial charge in [0.25, 0.3) is 0 Å². The van der Waals surface area contributed by atoms with Crippen molar-refractivity contribution in [3.63, 3.8) is 0 Å². The van der Waals surface area contributed by atoms with Gasteiger partial charge in [0.15, 0.2) is 0 Å². The lowest BCUT2D eigenvalue weighted by atomic mass is 10.1. The van der Waals surface area contributed by atoms with Crippen LogP contribution in [0, 0.1) is 0 Å². The number of nitrogens with zero attached hydrogens (tertiary/aromatic N) is 2. The summed E-state index contributed by atoms with van der Waals surface area (Å²) in [7, 11) is 0. The Bertz CT molecular complexity index is 611. The normalized spacial score (nSPS) is 11.3. The lowest BCUT2D eigenvalue weighted by molar-refractivity contribution is 0.670. The molecule has 1 N–H and O–H groups in total. The first-order chi connectivity index (χ1) is 10.0. The van der Waals surface area contributed by atoms with Gasteiger partial charge in [0.1, 0.15) is 10.7 Å². The van der Waals surface area contributed by atoms with Crippen LogP contribution in [0.25, 0.3) is 10.7 Å². The fourth-order valence-electron chi connectivity index (χ4n) is 1.99. The summed E-state index contributed by atoms with van der Waals surface area (Å²) in [5.74, 6) is 0.419. The third kappa shape index (κ3) is 4.34. The number of pyridine rings is 1. The van der Waals surface area contributed by atoms with Crippen molar-refractivity contribution in [3.8, 4) is 10.7 Å². The van der Waals surface area contributed by atoms with E-state index in [-0.39, 0.29) is 0 Å². The first-order valence-electron chi connectivity index (χ1n) is 7.04. The van der Waals surface area contributed by atoms with Crippen molar-refractivity contribution in [1.82, 2.24) is 15.3 Å². The molecule has 2 heterocycles. The molecule has 2 rings (SSSR count). The molecule has 3 nitrogen and oxygen atoms in total. The molecule has 0 unspecified atom stereocenters. The molecular formula is C15H19Br2N3S. The molecule has 0 aliphatic heterocycles. The topological polar surface area (TPSA) is 37.8 Å². The number of nitrogens with one attached hydrogen (secondary N) is 1. The Morgan fingerprint density at radius 3 is 2.71 bits per heavy atom. The maximum atomic E-state index is 4.82. The van der Waals surface area contributed by atoms with Crippen LogP contribution in [0.1, 0.15) is 43.7 Å². The highest BCUT2D eigenvalue weighted by molar-refractivity contribution is 9.11. The van der Waals surface area contributed by atoms with E-state index in [1.165, 1.54) is 10.6 Å². The summed E-state index contributed by atoms with van der Waals surface area (Å²) in [5.41, 5.74) is 2.09. The maximum absolute atomic E-state index is 4.82. The highest BCUT2D eigenvalue weighted by atomic mass is 79.9. The van der Waals surface area contributed by atoms with Crippen LogP contribution in [0.5, 0.6) is 0 Å². The van der Waals surface area contributed by atoms with Crippen molar-refractivity contribution in [2.24, 2.45) is 0 Å². The molecule has 0 aliphatic carbocycles. The van der Waals surface area contributed by atoms with E-state index in [1.54, 1.807) is 11.3 Å². The molecule has 2 aromatic rings. The van der Waals surface area contributed by atoms with Gasteiger partial charge >= 0.3 is 0 Å². The fraction of sp³-hybridized carbons (Fsp3) is 0.467. The lowest BCUT2D eigenvalue weighted by Gasteiger charge is -2.05. The Morgan fingerprint density at radius 1 is 1.33 bits per heavy atom. The SMILES string of the molecule is CCCNCc1sc(-c2ncc(Br)cc2Br)nc1C(C)C. The molecule has 0 amide bonds. The summed E-state index contributed by atoms with van der Waals surface area (Å²) < 4.78 is 1.93. The number of hydrogen-bond donors (Lipinski definition) is 1. The largest absolute Gasteiger partial charge is 0.312 e. The number of thiazole rings is 1. The third-order valence-electron chi connectivity index (χ3n) is 3.00. The molecule has 0 saturated carbocycles. The standard InChI is InChI=1S/C15H19Br2N3S/c1-4-5-18-8-12-13(9(2)3)20-15(21-12)14-11(17)6-10(16)7-19-14/h6-7,9,18H,4-5,8H2,1-3H3. The van der Waals surface area contributed by atoms with Crippen LogP contribution in [0.15, 0.2) is 21.2 Å². The summed E-state index contributed by atoms with van der Waals surface area (Å²) >= 11 is 8.74. The average Bonchev–Trinajstić information content (AvgIpc) is 2.83. The van der Waals surface area contributed by atoms with Crippen molar-refractivity contribution in [1.29, 1.82) is 0 Å². The van der Waals surface area contributed by atoms with Crippen LogP contribution in [-0.4, -0.2) is 16.5 Å². The highest BCUT2D eigenvalue weighted by Gasteiger charge is 2.17. The van der Waals surface area contributed by atoms with Crippen molar-refractivity contribution in [3.05, 3.63) is 31.8 Å². The first-order valence-corrected chi connectivity index (χ1v) is 9.44. The maximum Gasteiger partial charge on any atom is 0.143 e. The van der Waals surface area contributed by atoms with Crippen molar-refractivity contribution in [2.45, 2.75) is 39.7 Å². The molecule has 0 spiro atoms. The summed E-state index contributed by atoms with van der Waals surface area (Å²) in [6.45, 7) is 8.47. The molecule has 0 aromatic carbocycles. The second-order valence-electron chi connectivity index (χ2n) is 5.14. The molecule has 21 heavy (non-hydrogen) atoms. The van der Waals surface area contributed by atoms with Crippen LogP contribution < -0.4 is 5.32 Å². The number of rotatable bonds is 6. The van der Waals surface area contributed by atoms with Crippen molar-refractivity contribution < 1.29 is 0 Å². The van der Waals surface area contributed by atoms with E-state index in [1.807, 2.05) is 12.3 Å². The van der Waals surface area contributed by atoms with Gasteiger partial charge in [-0.25, -0.2) is 4.98 Å². The van der Waals surface area contributed by atoms with E-state index >= 15 is 0 Å². The molecule has 0 saturated heterocycles. The van der Waals surface area contributed by atoms with Gasteiger partial charge in [0.05, 0.1) is 5.69 Å². The summed E-state index contributed by atoms with van der Waals surface area (Å²) in [6.07, 6.45) is 2.95. The van der Waals surface area contributed by atoms with Crippen molar-refractivity contribution >= 4 is 43.2 Å². The number of hydrogen-bond acceptors (Lipinski definition) is 4. The van der Waals surface area contributed by atoms with Gasteiger partial charge in [0, 0.05) is 26.6 Å². The minimum absolute atomic E-state index is 0.419. The van der Waals surface area contributed by atoms with Gasteiger partial charge in [-0.05, 0) is 56.8 Å². The second kappa shape index (κ2) is 7.81. The Hall–Kier alpha value is -0.300. The van der Waals surface area contributed by atoms with Gasteiger partial charge in [-0.15, -0.1) is 11.3 Å². The van der Waals surface area contributed by atoms with Gasteiger partial charge in [-0.3, -0.25) is 4.98 Å². The number of aromatic nitrogens is 2.